The van der Waals surface area contributed by atoms with Crippen LogP contribution in [0.2, 0.25) is 0 Å². The van der Waals surface area contributed by atoms with E-state index in [1.165, 1.54) is 7.11 Å². The molecule has 110 valence electrons. The van der Waals surface area contributed by atoms with Gasteiger partial charge in [-0.3, -0.25) is 4.79 Å². The van der Waals surface area contributed by atoms with Crippen LogP contribution in [0.5, 0.6) is 17.2 Å². The highest BCUT2D eigenvalue weighted by Gasteiger charge is 2.09. The Morgan fingerprint density at radius 2 is 1.76 bits per heavy atom. The van der Waals surface area contributed by atoms with Crippen LogP contribution in [0.3, 0.4) is 0 Å². The molecule has 5 heteroatoms. The summed E-state index contributed by atoms with van der Waals surface area (Å²) in [5, 5.41) is 0. The molecule has 0 fully saturated rings. The van der Waals surface area contributed by atoms with Gasteiger partial charge in [0, 0.05) is 4.47 Å². The van der Waals surface area contributed by atoms with E-state index in [4.69, 9.17) is 14.2 Å². The Kier molecular flexibility index (Phi) is 5.63. The highest BCUT2D eigenvalue weighted by molar-refractivity contribution is 9.10. The molecule has 0 aliphatic carbocycles. The van der Waals surface area contributed by atoms with Gasteiger partial charge in [-0.2, -0.15) is 0 Å². The zero-order chi connectivity index (χ0) is 15.1. The molecule has 0 aliphatic heterocycles. The molecule has 0 unspecified atom stereocenters. The van der Waals surface area contributed by atoms with Gasteiger partial charge in [0.1, 0.15) is 19.0 Å². The molecular weight excluding hydrogens is 336 g/mol. The highest BCUT2D eigenvalue weighted by Crippen LogP contribution is 2.29. The van der Waals surface area contributed by atoms with Gasteiger partial charge in [0.15, 0.2) is 17.8 Å². The van der Waals surface area contributed by atoms with Crippen molar-refractivity contribution < 1.29 is 19.0 Å². The standard InChI is InChI=1S/C16H15BrO4/c1-19-15-4-2-3-12(11-18)16(15)21-10-9-20-14-7-5-13(17)6-8-14/h2-8,11H,9-10H2,1H3. The van der Waals surface area contributed by atoms with Gasteiger partial charge in [0.25, 0.3) is 0 Å². The first-order valence-electron chi connectivity index (χ1n) is 6.38. The fourth-order valence-electron chi connectivity index (χ4n) is 1.77. The molecule has 0 aromatic heterocycles. The summed E-state index contributed by atoms with van der Waals surface area (Å²) in [6.07, 6.45) is 0.743. The normalized spacial score (nSPS) is 10.0. The molecule has 0 saturated heterocycles. The van der Waals surface area contributed by atoms with E-state index < -0.39 is 0 Å². The Balaban J connectivity index is 1.91. The van der Waals surface area contributed by atoms with E-state index in [0.29, 0.717) is 30.3 Å². The summed E-state index contributed by atoms with van der Waals surface area (Å²) in [6.45, 7) is 0.690. The minimum Gasteiger partial charge on any atom is -0.493 e. The number of methoxy groups -OCH3 is 1. The number of hydrogen-bond acceptors (Lipinski definition) is 4. The average molecular weight is 351 g/mol. The molecule has 0 atom stereocenters. The van der Waals surface area contributed by atoms with Crippen LogP contribution < -0.4 is 14.2 Å². The molecule has 21 heavy (non-hydrogen) atoms. The molecule has 0 aliphatic rings. The maximum absolute atomic E-state index is 11.0. The van der Waals surface area contributed by atoms with Crippen LogP contribution in [0.15, 0.2) is 46.9 Å². The predicted octanol–water partition coefficient (Wildman–Crippen LogP) is 3.73. The number of aldehydes is 1. The highest BCUT2D eigenvalue weighted by atomic mass is 79.9. The first-order valence-corrected chi connectivity index (χ1v) is 7.17. The molecule has 0 heterocycles. The largest absolute Gasteiger partial charge is 0.493 e. The van der Waals surface area contributed by atoms with Crippen LogP contribution in [0, 0.1) is 0 Å². The maximum Gasteiger partial charge on any atom is 0.171 e. The van der Waals surface area contributed by atoms with E-state index in [1.807, 2.05) is 24.3 Å². The third-order valence-electron chi connectivity index (χ3n) is 2.77. The Hall–Kier alpha value is -2.01. The average Bonchev–Trinajstić information content (AvgIpc) is 2.53. The van der Waals surface area contributed by atoms with Crippen LogP contribution in [0.4, 0.5) is 0 Å². The van der Waals surface area contributed by atoms with Crippen molar-refractivity contribution in [2.24, 2.45) is 0 Å². The van der Waals surface area contributed by atoms with Crippen molar-refractivity contribution in [2.45, 2.75) is 0 Å². The molecule has 4 nitrogen and oxygen atoms in total. The van der Waals surface area contributed by atoms with Gasteiger partial charge < -0.3 is 14.2 Å². The number of carbonyl (C=O) groups excluding carboxylic acids is 1. The molecule has 2 aromatic carbocycles. The van der Waals surface area contributed by atoms with Gasteiger partial charge in [-0.15, -0.1) is 0 Å². The molecule has 0 radical (unpaired) electrons. The summed E-state index contributed by atoms with van der Waals surface area (Å²) < 4.78 is 17.3. The lowest BCUT2D eigenvalue weighted by atomic mass is 10.2. The number of hydrogen-bond donors (Lipinski definition) is 0. The van der Waals surface area contributed by atoms with Crippen LogP contribution in [-0.2, 0) is 0 Å². The van der Waals surface area contributed by atoms with Crippen LogP contribution in [-0.4, -0.2) is 26.6 Å². The van der Waals surface area contributed by atoms with Crippen LogP contribution >= 0.6 is 15.9 Å². The molecular formula is C16H15BrO4. The van der Waals surface area contributed by atoms with E-state index >= 15 is 0 Å². The number of ether oxygens (including phenoxy) is 3. The Labute approximate surface area is 131 Å². The Morgan fingerprint density at radius 3 is 2.43 bits per heavy atom. The molecule has 2 aromatic rings. The lowest BCUT2D eigenvalue weighted by molar-refractivity contribution is 0.111. The topological polar surface area (TPSA) is 44.8 Å². The van der Waals surface area contributed by atoms with Crippen molar-refractivity contribution in [1.82, 2.24) is 0 Å². The second kappa shape index (κ2) is 7.69. The van der Waals surface area contributed by atoms with Crippen molar-refractivity contribution in [3.05, 3.63) is 52.5 Å². The molecule has 2 rings (SSSR count). The van der Waals surface area contributed by atoms with Gasteiger partial charge >= 0.3 is 0 Å². The summed E-state index contributed by atoms with van der Waals surface area (Å²) in [7, 11) is 1.54. The summed E-state index contributed by atoms with van der Waals surface area (Å²) in [5.74, 6) is 1.73. The Bertz CT molecular complexity index is 596. The molecule has 0 spiro atoms. The summed E-state index contributed by atoms with van der Waals surface area (Å²) >= 11 is 3.36. The van der Waals surface area contributed by atoms with Crippen molar-refractivity contribution in [3.63, 3.8) is 0 Å². The van der Waals surface area contributed by atoms with Crippen LogP contribution in [0.25, 0.3) is 0 Å². The number of carbonyl (C=O) groups is 1. The van der Waals surface area contributed by atoms with E-state index in [-0.39, 0.29) is 0 Å². The van der Waals surface area contributed by atoms with Crippen molar-refractivity contribution in [3.8, 4) is 17.2 Å². The second-order valence-corrected chi connectivity index (χ2v) is 5.06. The SMILES string of the molecule is COc1cccc(C=O)c1OCCOc1ccc(Br)cc1. The smallest absolute Gasteiger partial charge is 0.171 e. The van der Waals surface area contributed by atoms with E-state index in [0.717, 1.165) is 16.5 Å². The number of para-hydroxylation sites is 1. The minimum absolute atomic E-state index is 0.317. The fourth-order valence-corrected chi connectivity index (χ4v) is 2.04. The van der Waals surface area contributed by atoms with Crippen molar-refractivity contribution in [2.75, 3.05) is 20.3 Å². The number of benzene rings is 2. The van der Waals surface area contributed by atoms with E-state index in [2.05, 4.69) is 15.9 Å². The third-order valence-corrected chi connectivity index (χ3v) is 3.30. The summed E-state index contributed by atoms with van der Waals surface area (Å²) in [6, 6.07) is 12.7. The second-order valence-electron chi connectivity index (χ2n) is 4.15. The lowest BCUT2D eigenvalue weighted by Gasteiger charge is -2.13. The zero-order valence-electron chi connectivity index (χ0n) is 11.5. The molecule has 0 N–H and O–H groups in total. The number of halogens is 1. The molecule has 0 amide bonds. The fraction of sp³-hybridized carbons (Fsp3) is 0.188. The summed E-state index contributed by atoms with van der Waals surface area (Å²) in [4.78, 5) is 11.0. The molecule has 0 bridgehead atoms. The third kappa shape index (κ3) is 4.23. The Morgan fingerprint density at radius 1 is 1.05 bits per heavy atom. The zero-order valence-corrected chi connectivity index (χ0v) is 13.1. The van der Waals surface area contributed by atoms with E-state index in [9.17, 15) is 4.79 Å². The first-order chi connectivity index (χ1) is 10.2. The quantitative estimate of drug-likeness (QED) is 0.563. The summed E-state index contributed by atoms with van der Waals surface area (Å²) in [5.41, 5.74) is 0.456. The van der Waals surface area contributed by atoms with Gasteiger partial charge in [-0.25, -0.2) is 0 Å². The monoisotopic (exact) mass is 350 g/mol. The maximum atomic E-state index is 11.0. The molecule has 0 saturated carbocycles. The van der Waals surface area contributed by atoms with E-state index in [1.54, 1.807) is 18.2 Å². The predicted molar refractivity (Wildman–Crippen MR) is 83.5 cm³/mol. The van der Waals surface area contributed by atoms with Crippen molar-refractivity contribution in [1.29, 1.82) is 0 Å². The first kappa shape index (κ1) is 15.4. The minimum atomic E-state index is 0.317. The van der Waals surface area contributed by atoms with Gasteiger partial charge in [0.05, 0.1) is 12.7 Å². The van der Waals surface area contributed by atoms with Crippen LogP contribution in [0.1, 0.15) is 10.4 Å². The number of rotatable bonds is 7. The van der Waals surface area contributed by atoms with Crippen molar-refractivity contribution >= 4 is 22.2 Å². The van der Waals surface area contributed by atoms with Gasteiger partial charge in [-0.1, -0.05) is 22.0 Å². The lowest BCUT2D eigenvalue weighted by Crippen LogP contribution is -2.10. The van der Waals surface area contributed by atoms with Gasteiger partial charge in [-0.05, 0) is 36.4 Å². The van der Waals surface area contributed by atoms with Gasteiger partial charge in [0.2, 0.25) is 0 Å².